The SMILES string of the molecule is Cl.FC(F)C(F)(F)Oc1cccc([C@H]2COCCN2)c1. The summed E-state index contributed by atoms with van der Waals surface area (Å²) >= 11 is 0. The minimum atomic E-state index is -4.49. The number of nitrogens with one attached hydrogen (secondary N) is 1. The predicted molar refractivity (Wildman–Crippen MR) is 66.8 cm³/mol. The van der Waals surface area contributed by atoms with Crippen LogP contribution in [0.25, 0.3) is 0 Å². The van der Waals surface area contributed by atoms with Gasteiger partial charge in [0.15, 0.2) is 0 Å². The average molecular weight is 316 g/mol. The van der Waals surface area contributed by atoms with Crippen molar-refractivity contribution < 1.29 is 27.0 Å². The van der Waals surface area contributed by atoms with E-state index < -0.39 is 12.5 Å². The van der Waals surface area contributed by atoms with Gasteiger partial charge in [-0.2, -0.15) is 17.6 Å². The van der Waals surface area contributed by atoms with Crippen LogP contribution < -0.4 is 10.1 Å². The smallest absolute Gasteiger partial charge is 0.428 e. The molecule has 0 unspecified atom stereocenters. The van der Waals surface area contributed by atoms with Gasteiger partial charge in [-0.1, -0.05) is 12.1 Å². The van der Waals surface area contributed by atoms with E-state index in [-0.39, 0.29) is 24.2 Å². The Bertz CT molecular complexity index is 428. The van der Waals surface area contributed by atoms with E-state index in [0.717, 1.165) is 0 Å². The van der Waals surface area contributed by atoms with Gasteiger partial charge in [-0.05, 0) is 17.7 Å². The zero-order valence-corrected chi connectivity index (χ0v) is 11.1. The first-order chi connectivity index (χ1) is 8.99. The number of benzene rings is 1. The number of halogens is 5. The molecule has 0 aliphatic carbocycles. The Morgan fingerprint density at radius 3 is 2.70 bits per heavy atom. The molecule has 0 aromatic heterocycles. The molecule has 1 fully saturated rings. The summed E-state index contributed by atoms with van der Waals surface area (Å²) in [4.78, 5) is 0. The highest BCUT2D eigenvalue weighted by molar-refractivity contribution is 5.85. The number of hydrogen-bond acceptors (Lipinski definition) is 3. The van der Waals surface area contributed by atoms with Gasteiger partial charge in [0, 0.05) is 6.54 Å². The van der Waals surface area contributed by atoms with Crippen LogP contribution >= 0.6 is 12.4 Å². The molecule has 20 heavy (non-hydrogen) atoms. The van der Waals surface area contributed by atoms with Crippen molar-refractivity contribution in [1.29, 1.82) is 0 Å². The highest BCUT2D eigenvalue weighted by atomic mass is 35.5. The van der Waals surface area contributed by atoms with Crippen LogP contribution in [-0.2, 0) is 4.74 Å². The van der Waals surface area contributed by atoms with Crippen LogP contribution in [0.1, 0.15) is 11.6 Å². The van der Waals surface area contributed by atoms with Crippen LogP contribution in [0.3, 0.4) is 0 Å². The van der Waals surface area contributed by atoms with Gasteiger partial charge in [-0.25, -0.2) is 0 Å². The molecule has 8 heteroatoms. The van der Waals surface area contributed by atoms with Gasteiger partial charge in [0.25, 0.3) is 0 Å². The van der Waals surface area contributed by atoms with Crippen LogP contribution in [-0.4, -0.2) is 32.3 Å². The summed E-state index contributed by atoms with van der Waals surface area (Å²) in [5.41, 5.74) is 0.655. The van der Waals surface area contributed by atoms with Crippen molar-refractivity contribution in [2.45, 2.75) is 18.6 Å². The summed E-state index contributed by atoms with van der Waals surface area (Å²) < 4.78 is 59.0. The third-order valence-corrected chi connectivity index (χ3v) is 2.69. The summed E-state index contributed by atoms with van der Waals surface area (Å²) in [6, 6.07) is 5.53. The lowest BCUT2D eigenvalue weighted by atomic mass is 10.1. The van der Waals surface area contributed by atoms with Crippen molar-refractivity contribution in [2.75, 3.05) is 19.8 Å². The van der Waals surface area contributed by atoms with Crippen molar-refractivity contribution in [1.82, 2.24) is 5.32 Å². The fourth-order valence-electron chi connectivity index (χ4n) is 1.78. The predicted octanol–water partition coefficient (Wildman–Crippen LogP) is 3.01. The second-order valence-electron chi connectivity index (χ2n) is 4.12. The molecule has 114 valence electrons. The van der Waals surface area contributed by atoms with Crippen molar-refractivity contribution in [3.8, 4) is 5.75 Å². The van der Waals surface area contributed by atoms with Crippen LogP contribution in [0.4, 0.5) is 17.6 Å². The van der Waals surface area contributed by atoms with Gasteiger partial charge in [0.05, 0.1) is 19.3 Å². The molecule has 2 rings (SSSR count). The van der Waals surface area contributed by atoms with Gasteiger partial charge in [0.1, 0.15) is 5.75 Å². The first kappa shape index (κ1) is 17.0. The molecule has 0 radical (unpaired) electrons. The standard InChI is InChI=1S/C12H13F4NO2.ClH/c13-11(14)12(15,16)19-9-3-1-2-8(6-9)10-7-18-5-4-17-10;/h1-3,6,10-11,17H,4-5,7H2;1H/t10-;/m1./s1. The van der Waals surface area contributed by atoms with Crippen LogP contribution in [0.5, 0.6) is 5.75 Å². The summed E-state index contributed by atoms with van der Waals surface area (Å²) in [6.45, 7) is 1.62. The van der Waals surface area contributed by atoms with E-state index in [1.54, 1.807) is 6.07 Å². The van der Waals surface area contributed by atoms with Gasteiger partial charge in [0.2, 0.25) is 0 Å². The van der Waals surface area contributed by atoms with Crippen LogP contribution in [0.2, 0.25) is 0 Å². The minimum Gasteiger partial charge on any atom is -0.428 e. The van der Waals surface area contributed by atoms with Crippen LogP contribution in [0, 0.1) is 0 Å². The summed E-state index contributed by atoms with van der Waals surface area (Å²) in [7, 11) is 0. The molecule has 1 saturated heterocycles. The number of morpholine rings is 1. The molecule has 0 spiro atoms. The molecule has 1 atom stereocenters. The number of alkyl halides is 4. The van der Waals surface area contributed by atoms with E-state index in [4.69, 9.17) is 4.74 Å². The molecule has 1 aliphatic heterocycles. The lowest BCUT2D eigenvalue weighted by molar-refractivity contribution is -0.253. The largest absolute Gasteiger partial charge is 0.461 e. The van der Waals surface area contributed by atoms with E-state index in [1.165, 1.54) is 18.2 Å². The number of ether oxygens (including phenoxy) is 2. The highest BCUT2D eigenvalue weighted by Crippen LogP contribution is 2.29. The topological polar surface area (TPSA) is 30.5 Å². The molecule has 1 aromatic carbocycles. The number of hydrogen-bond donors (Lipinski definition) is 1. The van der Waals surface area contributed by atoms with Crippen molar-refractivity contribution in [3.05, 3.63) is 29.8 Å². The van der Waals surface area contributed by atoms with Gasteiger partial charge in [-0.15, -0.1) is 12.4 Å². The van der Waals surface area contributed by atoms with Gasteiger partial charge >= 0.3 is 12.5 Å². The molecule has 1 heterocycles. The Morgan fingerprint density at radius 1 is 1.35 bits per heavy atom. The first-order valence-electron chi connectivity index (χ1n) is 5.75. The Hall–Kier alpha value is -1.05. The van der Waals surface area contributed by atoms with E-state index >= 15 is 0 Å². The molecule has 1 aliphatic rings. The monoisotopic (exact) mass is 315 g/mol. The van der Waals surface area contributed by atoms with Gasteiger partial charge < -0.3 is 14.8 Å². The maximum atomic E-state index is 12.8. The maximum Gasteiger partial charge on any atom is 0.461 e. The second-order valence-corrected chi connectivity index (χ2v) is 4.12. The molecular weight excluding hydrogens is 302 g/mol. The zero-order chi connectivity index (χ0) is 13.9. The summed E-state index contributed by atoms with van der Waals surface area (Å²) in [6.07, 6.45) is -8.36. The fourth-order valence-corrected chi connectivity index (χ4v) is 1.78. The molecule has 0 amide bonds. The molecule has 3 nitrogen and oxygen atoms in total. The fraction of sp³-hybridized carbons (Fsp3) is 0.500. The second kappa shape index (κ2) is 7.10. The van der Waals surface area contributed by atoms with E-state index in [1.807, 2.05) is 0 Å². The lowest BCUT2D eigenvalue weighted by Crippen LogP contribution is -2.35. The van der Waals surface area contributed by atoms with E-state index in [2.05, 4.69) is 10.1 Å². The normalized spacial score (nSPS) is 19.6. The van der Waals surface area contributed by atoms with Crippen molar-refractivity contribution in [3.63, 3.8) is 0 Å². The summed E-state index contributed by atoms with van der Waals surface area (Å²) in [5, 5.41) is 3.13. The number of rotatable bonds is 4. The first-order valence-corrected chi connectivity index (χ1v) is 5.75. The lowest BCUT2D eigenvalue weighted by Gasteiger charge is -2.25. The van der Waals surface area contributed by atoms with E-state index in [0.29, 0.717) is 25.3 Å². The van der Waals surface area contributed by atoms with Crippen molar-refractivity contribution >= 4 is 12.4 Å². The Balaban J connectivity index is 0.00000200. The quantitative estimate of drug-likeness (QED) is 0.867. The third-order valence-electron chi connectivity index (χ3n) is 2.69. The molecule has 1 aromatic rings. The molecule has 0 bridgehead atoms. The Labute approximate surface area is 119 Å². The Kier molecular flexibility index (Phi) is 6.04. The molecular formula is C12H14ClF4NO2. The average Bonchev–Trinajstić information content (AvgIpc) is 2.39. The summed E-state index contributed by atoms with van der Waals surface area (Å²) in [5.74, 6) is -0.296. The minimum absolute atomic E-state index is 0. The van der Waals surface area contributed by atoms with Crippen LogP contribution in [0.15, 0.2) is 24.3 Å². The van der Waals surface area contributed by atoms with Gasteiger partial charge in [-0.3, -0.25) is 0 Å². The van der Waals surface area contributed by atoms with Crippen molar-refractivity contribution in [2.24, 2.45) is 0 Å². The third kappa shape index (κ3) is 4.22. The Morgan fingerprint density at radius 2 is 2.10 bits per heavy atom. The molecule has 0 saturated carbocycles. The highest BCUT2D eigenvalue weighted by Gasteiger charge is 2.44. The van der Waals surface area contributed by atoms with E-state index in [9.17, 15) is 17.6 Å². The molecule has 1 N–H and O–H groups in total. The zero-order valence-electron chi connectivity index (χ0n) is 10.3. The maximum absolute atomic E-state index is 12.8.